The molecule has 0 bridgehead atoms. The topological polar surface area (TPSA) is 64.3 Å². The summed E-state index contributed by atoms with van der Waals surface area (Å²) < 4.78 is 5.02. The molecule has 4 nitrogen and oxygen atoms in total. The van der Waals surface area contributed by atoms with Gasteiger partial charge < -0.3 is 15.8 Å². The Kier molecular flexibility index (Phi) is 3.09. The number of ether oxygens (including phenoxy) is 1. The largest absolute Gasteiger partial charge is 0.365 e. The minimum atomic E-state index is -1.17. The van der Waals surface area contributed by atoms with Crippen molar-refractivity contribution in [2.75, 3.05) is 12.4 Å². The standard InChI is InChI=1S/C10H14N2O2/c1-10(14-2,9(11)13)12-8-6-4-3-5-7-8/h3-7,12H,1-2H3,(H2,11,13). The van der Waals surface area contributed by atoms with Crippen molar-refractivity contribution in [1.29, 1.82) is 0 Å². The highest BCUT2D eigenvalue weighted by Gasteiger charge is 2.30. The molecule has 0 aliphatic heterocycles. The van der Waals surface area contributed by atoms with Crippen LogP contribution in [0.3, 0.4) is 0 Å². The molecule has 76 valence electrons. The van der Waals surface area contributed by atoms with E-state index in [4.69, 9.17) is 10.5 Å². The lowest BCUT2D eigenvalue weighted by atomic mass is 10.2. The maximum Gasteiger partial charge on any atom is 0.270 e. The van der Waals surface area contributed by atoms with Gasteiger partial charge in [0.15, 0.2) is 0 Å². The molecule has 0 saturated heterocycles. The molecule has 1 unspecified atom stereocenters. The normalized spacial score (nSPS) is 14.4. The number of anilines is 1. The predicted molar refractivity (Wildman–Crippen MR) is 54.7 cm³/mol. The summed E-state index contributed by atoms with van der Waals surface area (Å²) in [5.74, 6) is -0.552. The van der Waals surface area contributed by atoms with Gasteiger partial charge in [-0.25, -0.2) is 0 Å². The van der Waals surface area contributed by atoms with E-state index < -0.39 is 11.6 Å². The van der Waals surface area contributed by atoms with Gasteiger partial charge in [-0.3, -0.25) is 4.79 Å². The summed E-state index contributed by atoms with van der Waals surface area (Å²) in [4.78, 5) is 11.1. The maximum absolute atomic E-state index is 11.1. The summed E-state index contributed by atoms with van der Waals surface area (Å²) in [5, 5.41) is 2.91. The molecule has 0 radical (unpaired) electrons. The number of hydrogen-bond donors (Lipinski definition) is 2. The van der Waals surface area contributed by atoms with Crippen LogP contribution in [0.4, 0.5) is 5.69 Å². The van der Waals surface area contributed by atoms with Gasteiger partial charge in [0.1, 0.15) is 0 Å². The predicted octanol–water partition coefficient (Wildman–Crippen LogP) is 0.946. The number of benzene rings is 1. The molecule has 14 heavy (non-hydrogen) atoms. The maximum atomic E-state index is 11.1. The van der Waals surface area contributed by atoms with Crippen LogP contribution in [0.5, 0.6) is 0 Å². The molecule has 1 aromatic rings. The highest BCUT2D eigenvalue weighted by Crippen LogP contribution is 2.14. The Morgan fingerprint density at radius 3 is 2.43 bits per heavy atom. The minimum absolute atomic E-state index is 0.552. The van der Waals surface area contributed by atoms with Crippen LogP contribution in [0.2, 0.25) is 0 Å². The number of para-hydroxylation sites is 1. The van der Waals surface area contributed by atoms with Crippen LogP contribution in [0.15, 0.2) is 30.3 Å². The van der Waals surface area contributed by atoms with Gasteiger partial charge in [0.25, 0.3) is 5.91 Å². The van der Waals surface area contributed by atoms with Crippen molar-refractivity contribution in [2.24, 2.45) is 5.73 Å². The number of primary amides is 1. The molecule has 0 spiro atoms. The van der Waals surface area contributed by atoms with E-state index in [1.54, 1.807) is 6.92 Å². The Balaban J connectivity index is 2.81. The van der Waals surface area contributed by atoms with Crippen LogP contribution in [0.25, 0.3) is 0 Å². The highest BCUT2D eigenvalue weighted by atomic mass is 16.5. The van der Waals surface area contributed by atoms with Crippen molar-refractivity contribution in [3.8, 4) is 0 Å². The summed E-state index contributed by atoms with van der Waals surface area (Å²) in [6.45, 7) is 1.59. The van der Waals surface area contributed by atoms with Crippen LogP contribution in [-0.4, -0.2) is 18.7 Å². The van der Waals surface area contributed by atoms with Crippen molar-refractivity contribution in [3.63, 3.8) is 0 Å². The van der Waals surface area contributed by atoms with E-state index in [0.717, 1.165) is 5.69 Å². The minimum Gasteiger partial charge on any atom is -0.365 e. The number of carbonyl (C=O) groups excluding carboxylic acids is 1. The summed E-state index contributed by atoms with van der Waals surface area (Å²) in [7, 11) is 1.43. The van der Waals surface area contributed by atoms with Crippen molar-refractivity contribution >= 4 is 11.6 Å². The third kappa shape index (κ3) is 2.23. The van der Waals surface area contributed by atoms with Gasteiger partial charge in [0.2, 0.25) is 5.72 Å². The quantitative estimate of drug-likeness (QED) is 0.701. The first-order valence-corrected chi connectivity index (χ1v) is 4.27. The zero-order valence-corrected chi connectivity index (χ0v) is 8.28. The van der Waals surface area contributed by atoms with Crippen molar-refractivity contribution in [1.82, 2.24) is 0 Å². The van der Waals surface area contributed by atoms with Gasteiger partial charge in [-0.15, -0.1) is 0 Å². The second-order valence-electron chi connectivity index (χ2n) is 3.09. The van der Waals surface area contributed by atoms with E-state index in [0.29, 0.717) is 0 Å². The summed E-state index contributed by atoms with van der Waals surface area (Å²) in [6, 6.07) is 9.28. The Morgan fingerprint density at radius 1 is 1.43 bits per heavy atom. The Morgan fingerprint density at radius 2 is 2.00 bits per heavy atom. The molecule has 0 heterocycles. The number of nitrogens with two attached hydrogens (primary N) is 1. The Bertz CT molecular complexity index is 313. The van der Waals surface area contributed by atoms with Crippen LogP contribution in [0, 0.1) is 0 Å². The first-order valence-electron chi connectivity index (χ1n) is 4.27. The average molecular weight is 194 g/mol. The van der Waals surface area contributed by atoms with Crippen molar-refractivity contribution < 1.29 is 9.53 Å². The monoisotopic (exact) mass is 194 g/mol. The molecule has 4 heteroatoms. The van der Waals surface area contributed by atoms with Crippen LogP contribution in [-0.2, 0) is 9.53 Å². The van der Waals surface area contributed by atoms with E-state index >= 15 is 0 Å². The van der Waals surface area contributed by atoms with Crippen molar-refractivity contribution in [3.05, 3.63) is 30.3 Å². The highest BCUT2D eigenvalue weighted by molar-refractivity contribution is 5.85. The molecule has 0 saturated carbocycles. The van der Waals surface area contributed by atoms with Gasteiger partial charge in [-0.2, -0.15) is 0 Å². The van der Waals surface area contributed by atoms with E-state index in [-0.39, 0.29) is 0 Å². The van der Waals surface area contributed by atoms with E-state index in [1.807, 2.05) is 30.3 Å². The molecule has 1 amide bonds. The fraction of sp³-hybridized carbons (Fsp3) is 0.300. The number of carbonyl (C=O) groups is 1. The van der Waals surface area contributed by atoms with Gasteiger partial charge in [0.05, 0.1) is 0 Å². The fourth-order valence-corrected chi connectivity index (χ4v) is 1.01. The average Bonchev–Trinajstić information content (AvgIpc) is 2.19. The van der Waals surface area contributed by atoms with Crippen LogP contribution < -0.4 is 11.1 Å². The summed E-state index contributed by atoms with van der Waals surface area (Å²) in [6.07, 6.45) is 0. The Hall–Kier alpha value is -1.55. The first kappa shape index (κ1) is 10.5. The summed E-state index contributed by atoms with van der Waals surface area (Å²) in [5.41, 5.74) is 4.83. The number of rotatable bonds is 4. The van der Waals surface area contributed by atoms with E-state index in [2.05, 4.69) is 5.32 Å². The lowest BCUT2D eigenvalue weighted by Gasteiger charge is -2.26. The molecular formula is C10H14N2O2. The van der Waals surface area contributed by atoms with Crippen LogP contribution in [0.1, 0.15) is 6.92 Å². The molecule has 0 aliphatic carbocycles. The molecule has 0 aromatic heterocycles. The SMILES string of the molecule is COC(C)(Nc1ccccc1)C(N)=O. The van der Waals surface area contributed by atoms with Crippen LogP contribution >= 0.6 is 0 Å². The zero-order chi connectivity index (χ0) is 10.6. The Labute approximate surface area is 83.1 Å². The second kappa shape index (κ2) is 4.11. The van der Waals surface area contributed by atoms with Crippen molar-refractivity contribution in [2.45, 2.75) is 12.6 Å². The second-order valence-corrected chi connectivity index (χ2v) is 3.09. The molecule has 3 N–H and O–H groups in total. The summed E-state index contributed by atoms with van der Waals surface area (Å²) >= 11 is 0. The third-order valence-corrected chi connectivity index (χ3v) is 2.04. The van der Waals surface area contributed by atoms with Gasteiger partial charge in [-0.05, 0) is 19.1 Å². The molecule has 1 rings (SSSR count). The van der Waals surface area contributed by atoms with Gasteiger partial charge in [0, 0.05) is 12.8 Å². The third-order valence-electron chi connectivity index (χ3n) is 2.04. The molecule has 0 fully saturated rings. The van der Waals surface area contributed by atoms with E-state index in [9.17, 15) is 4.79 Å². The van der Waals surface area contributed by atoms with E-state index in [1.165, 1.54) is 7.11 Å². The number of hydrogen-bond acceptors (Lipinski definition) is 3. The number of methoxy groups -OCH3 is 1. The molecule has 1 aromatic carbocycles. The molecule has 0 aliphatic rings. The zero-order valence-electron chi connectivity index (χ0n) is 8.28. The smallest absolute Gasteiger partial charge is 0.270 e. The molecular weight excluding hydrogens is 180 g/mol. The fourth-order valence-electron chi connectivity index (χ4n) is 1.01. The molecule has 1 atom stereocenters. The number of amides is 1. The van der Waals surface area contributed by atoms with Gasteiger partial charge in [-0.1, -0.05) is 18.2 Å². The lowest BCUT2D eigenvalue weighted by Crippen LogP contribution is -2.49. The number of nitrogens with one attached hydrogen (secondary N) is 1. The first-order chi connectivity index (χ1) is 6.58. The van der Waals surface area contributed by atoms with Gasteiger partial charge >= 0.3 is 0 Å². The lowest BCUT2D eigenvalue weighted by molar-refractivity contribution is -0.134.